The first-order valence-electron chi connectivity index (χ1n) is 13.3. The second-order valence-electron chi connectivity index (χ2n) is 9.15. The number of hydrogen-bond acceptors (Lipinski definition) is 7. The van der Waals surface area contributed by atoms with Crippen LogP contribution in [0.4, 0.5) is 17.1 Å². The Morgan fingerprint density at radius 1 is 1.14 bits per heavy atom. The average Bonchev–Trinajstić information content (AvgIpc) is 2.88. The van der Waals surface area contributed by atoms with Crippen LogP contribution in [0, 0.1) is 0 Å². The number of benzene rings is 1. The molecule has 1 aliphatic heterocycles. The molecule has 7 nitrogen and oxygen atoms in total. The fourth-order valence-electron chi connectivity index (χ4n) is 4.87. The second kappa shape index (κ2) is 14.0. The minimum atomic E-state index is 0.347. The maximum atomic E-state index is 12.2. The number of ketones is 1. The number of carbonyl (C=O) groups excluding carboxylic acids is 1. The number of hydrogen-bond donors (Lipinski definition) is 1. The van der Waals surface area contributed by atoms with Crippen molar-refractivity contribution >= 4 is 22.8 Å². The highest BCUT2D eigenvalue weighted by Gasteiger charge is 2.24. The van der Waals surface area contributed by atoms with Gasteiger partial charge in [0.05, 0.1) is 36.1 Å². The summed E-state index contributed by atoms with van der Waals surface area (Å²) in [5.74, 6) is 0.712. The molecule has 1 saturated heterocycles. The van der Waals surface area contributed by atoms with Gasteiger partial charge in [0.2, 0.25) is 0 Å². The van der Waals surface area contributed by atoms with Gasteiger partial charge in [-0.1, -0.05) is 19.9 Å². The maximum Gasteiger partial charge on any atom is 0.316 e. The third-order valence-corrected chi connectivity index (χ3v) is 6.75. The Balaban J connectivity index is 1.90. The number of carbonyl (C=O) groups is 1. The van der Waals surface area contributed by atoms with E-state index in [2.05, 4.69) is 59.2 Å². The maximum absolute atomic E-state index is 12.2. The summed E-state index contributed by atoms with van der Waals surface area (Å²) in [6.45, 7) is 11.5. The lowest BCUT2D eigenvalue weighted by molar-refractivity contribution is -0.119. The lowest BCUT2D eigenvalue weighted by Gasteiger charge is -2.37. The van der Waals surface area contributed by atoms with Crippen LogP contribution >= 0.6 is 0 Å². The van der Waals surface area contributed by atoms with E-state index in [0.29, 0.717) is 43.2 Å². The first-order valence-corrected chi connectivity index (χ1v) is 13.3. The zero-order valence-electron chi connectivity index (χ0n) is 21.9. The molecule has 0 aliphatic carbocycles. The van der Waals surface area contributed by atoms with Crippen molar-refractivity contribution in [1.82, 2.24) is 9.97 Å². The molecule has 1 atom stereocenters. The first-order chi connectivity index (χ1) is 17.1. The first kappa shape index (κ1) is 26.9. The van der Waals surface area contributed by atoms with Crippen molar-refractivity contribution in [3.05, 3.63) is 36.2 Å². The molecular weight excluding hydrogens is 440 g/mol. The van der Waals surface area contributed by atoms with E-state index in [1.54, 1.807) is 12.4 Å². The Bertz CT molecular complexity index is 913. The van der Waals surface area contributed by atoms with Gasteiger partial charge in [-0.15, -0.1) is 0 Å². The quantitative estimate of drug-likeness (QED) is 0.340. The van der Waals surface area contributed by atoms with Crippen LogP contribution in [0.5, 0.6) is 6.01 Å². The number of nitrogens with zero attached hydrogens (tertiary/aromatic N) is 3. The summed E-state index contributed by atoms with van der Waals surface area (Å²) in [6, 6.07) is 7.57. The molecular formula is C28H42N4O3. The highest BCUT2D eigenvalue weighted by molar-refractivity contribution is 5.78. The predicted molar refractivity (Wildman–Crippen MR) is 142 cm³/mol. The number of nitrogens with one attached hydrogen (secondary N) is 1. The van der Waals surface area contributed by atoms with Crippen molar-refractivity contribution < 1.29 is 14.3 Å². The molecule has 1 aromatic carbocycles. The Hall–Kier alpha value is -2.67. The zero-order valence-corrected chi connectivity index (χ0v) is 21.9. The van der Waals surface area contributed by atoms with Crippen LogP contribution in [0.25, 0.3) is 0 Å². The molecule has 2 aromatic rings. The van der Waals surface area contributed by atoms with Crippen LogP contribution in [-0.2, 0) is 9.53 Å². The van der Waals surface area contributed by atoms with E-state index in [9.17, 15) is 4.79 Å². The molecule has 1 N–H and O–H groups in total. The lowest BCUT2D eigenvalue weighted by atomic mass is 9.89. The summed E-state index contributed by atoms with van der Waals surface area (Å²) in [4.78, 5) is 23.3. The van der Waals surface area contributed by atoms with E-state index in [-0.39, 0.29) is 0 Å². The summed E-state index contributed by atoms with van der Waals surface area (Å²) in [5, 5.41) is 3.58. The van der Waals surface area contributed by atoms with Gasteiger partial charge >= 0.3 is 6.01 Å². The summed E-state index contributed by atoms with van der Waals surface area (Å²) in [5.41, 5.74) is 4.30. The van der Waals surface area contributed by atoms with Crippen LogP contribution in [0.3, 0.4) is 0 Å². The van der Waals surface area contributed by atoms with E-state index >= 15 is 0 Å². The van der Waals surface area contributed by atoms with E-state index in [1.807, 2.05) is 6.92 Å². The van der Waals surface area contributed by atoms with Gasteiger partial charge in [-0.05, 0) is 69.6 Å². The second-order valence-corrected chi connectivity index (χ2v) is 9.15. The Morgan fingerprint density at radius 2 is 1.89 bits per heavy atom. The fourth-order valence-corrected chi connectivity index (χ4v) is 4.87. The van der Waals surface area contributed by atoms with Crippen molar-refractivity contribution in [3.63, 3.8) is 0 Å². The topological polar surface area (TPSA) is 76.6 Å². The fraction of sp³-hybridized carbons (Fsp3) is 0.607. The molecule has 0 unspecified atom stereocenters. The van der Waals surface area contributed by atoms with Crippen molar-refractivity contribution in [2.45, 2.75) is 84.6 Å². The summed E-state index contributed by atoms with van der Waals surface area (Å²) >= 11 is 0. The van der Waals surface area contributed by atoms with Gasteiger partial charge in [-0.25, -0.2) is 9.97 Å². The van der Waals surface area contributed by atoms with Gasteiger partial charge in [0.15, 0.2) is 0 Å². The summed E-state index contributed by atoms with van der Waals surface area (Å²) in [7, 11) is 0. The van der Waals surface area contributed by atoms with E-state index in [4.69, 9.17) is 9.47 Å². The minimum absolute atomic E-state index is 0.347. The molecule has 1 aliphatic rings. The van der Waals surface area contributed by atoms with Gasteiger partial charge < -0.3 is 19.7 Å². The largest absolute Gasteiger partial charge is 0.464 e. The number of Topliss-reactive ketones (excluding diaryl/α,β-unsaturated/α-hetero) is 1. The lowest BCUT2D eigenvalue weighted by Crippen LogP contribution is -2.39. The van der Waals surface area contributed by atoms with Gasteiger partial charge in [0, 0.05) is 38.6 Å². The SMILES string of the molecule is CCCC(=O)CC[C@@H](CC)c1ccc(N(CC)C2CCOCC2)c(Nc2cnc(OCC)nc2)c1. The Labute approximate surface area is 210 Å². The van der Waals surface area contributed by atoms with Gasteiger partial charge in [-0.2, -0.15) is 0 Å². The van der Waals surface area contributed by atoms with Crippen LogP contribution in [-0.4, -0.2) is 48.2 Å². The van der Waals surface area contributed by atoms with Crippen molar-refractivity contribution in [3.8, 4) is 6.01 Å². The van der Waals surface area contributed by atoms with Gasteiger partial charge in [-0.3, -0.25) is 4.79 Å². The number of rotatable bonds is 14. The van der Waals surface area contributed by atoms with E-state index in [1.165, 1.54) is 11.3 Å². The Morgan fingerprint density at radius 3 is 2.51 bits per heavy atom. The van der Waals surface area contributed by atoms with Crippen LogP contribution in [0.1, 0.15) is 84.1 Å². The standard InChI is InChI=1S/C28H42N4O3/c1-5-9-25(33)12-10-21(6-2)22-11-13-27(32(7-3)24-14-16-34-17-15-24)26(18-22)31-23-19-29-28(30-20-23)35-8-4/h11,13,18-21,24,31H,5-10,12,14-17H2,1-4H3/t21-/m1/s1. The molecule has 35 heavy (non-hydrogen) atoms. The molecule has 7 heteroatoms. The smallest absolute Gasteiger partial charge is 0.316 e. The number of aromatic nitrogens is 2. The van der Waals surface area contributed by atoms with Crippen LogP contribution < -0.4 is 15.0 Å². The average molecular weight is 483 g/mol. The third-order valence-electron chi connectivity index (χ3n) is 6.75. The molecule has 0 saturated carbocycles. The normalized spacial score (nSPS) is 15.0. The zero-order chi connectivity index (χ0) is 25.0. The monoisotopic (exact) mass is 482 g/mol. The molecule has 1 fully saturated rings. The molecule has 0 amide bonds. The third kappa shape index (κ3) is 7.66. The molecule has 192 valence electrons. The molecule has 1 aromatic heterocycles. The summed E-state index contributed by atoms with van der Waals surface area (Å²) < 4.78 is 11.0. The molecule has 2 heterocycles. The highest BCUT2D eigenvalue weighted by Crippen LogP contribution is 2.36. The van der Waals surface area contributed by atoms with E-state index in [0.717, 1.165) is 63.2 Å². The minimum Gasteiger partial charge on any atom is -0.464 e. The van der Waals surface area contributed by atoms with Gasteiger partial charge in [0.25, 0.3) is 0 Å². The van der Waals surface area contributed by atoms with Crippen molar-refractivity contribution in [2.75, 3.05) is 36.6 Å². The molecule has 3 rings (SSSR count). The summed E-state index contributed by atoms with van der Waals surface area (Å²) in [6.07, 6.45) is 9.71. The molecule has 0 bridgehead atoms. The van der Waals surface area contributed by atoms with Gasteiger partial charge in [0.1, 0.15) is 5.78 Å². The van der Waals surface area contributed by atoms with Crippen LogP contribution in [0.2, 0.25) is 0 Å². The predicted octanol–water partition coefficient (Wildman–Crippen LogP) is 6.27. The van der Waals surface area contributed by atoms with Crippen LogP contribution in [0.15, 0.2) is 30.6 Å². The Kier molecular flexibility index (Phi) is 10.8. The number of anilines is 3. The molecule has 0 radical (unpaired) electrons. The number of ether oxygens (including phenoxy) is 2. The van der Waals surface area contributed by atoms with Crippen molar-refractivity contribution in [2.24, 2.45) is 0 Å². The van der Waals surface area contributed by atoms with Crippen molar-refractivity contribution in [1.29, 1.82) is 0 Å². The highest BCUT2D eigenvalue weighted by atomic mass is 16.5. The van der Waals surface area contributed by atoms with E-state index < -0.39 is 0 Å². The molecule has 0 spiro atoms.